The molecule has 32 heavy (non-hydrogen) atoms. The van der Waals surface area contributed by atoms with E-state index in [-0.39, 0.29) is 22.6 Å². The first-order valence-electron chi connectivity index (χ1n) is 10.4. The molecule has 6 unspecified atom stereocenters. The molecule has 1 aliphatic heterocycles. The number of aliphatic hydroxyl groups is 1. The molecule has 2 aliphatic rings. The Bertz CT molecular complexity index is 907. The predicted octanol–water partition coefficient (Wildman–Crippen LogP) is 2.37. The van der Waals surface area contributed by atoms with Gasteiger partial charge in [-0.3, -0.25) is 4.79 Å². The van der Waals surface area contributed by atoms with Crippen molar-refractivity contribution in [3.05, 3.63) is 48.1 Å². The fourth-order valence-corrected chi connectivity index (χ4v) is 3.63. The lowest BCUT2D eigenvalue weighted by molar-refractivity contribution is -0.193. The molecule has 0 saturated carbocycles. The highest BCUT2D eigenvalue weighted by Crippen LogP contribution is 2.40. The van der Waals surface area contributed by atoms with Crippen LogP contribution in [0.1, 0.15) is 41.0 Å². The van der Waals surface area contributed by atoms with E-state index in [0.717, 1.165) is 0 Å². The molecule has 1 heterocycles. The molecular weight excluding hydrogens is 416 g/mol. The predicted molar refractivity (Wildman–Crippen MR) is 115 cm³/mol. The Morgan fingerprint density at radius 2 is 1.88 bits per heavy atom. The zero-order valence-electron chi connectivity index (χ0n) is 19.0. The van der Waals surface area contributed by atoms with E-state index in [0.29, 0.717) is 6.42 Å². The zero-order valence-corrected chi connectivity index (χ0v) is 19.0. The monoisotopic (exact) mass is 446 g/mol. The van der Waals surface area contributed by atoms with Crippen molar-refractivity contribution in [1.82, 2.24) is 0 Å². The van der Waals surface area contributed by atoms with Gasteiger partial charge in [-0.15, -0.1) is 0 Å². The van der Waals surface area contributed by atoms with Crippen LogP contribution in [0, 0.1) is 11.8 Å². The minimum atomic E-state index is -2.28. The molecule has 1 saturated heterocycles. The number of rotatable bonds is 4. The number of esters is 3. The molecule has 0 radical (unpaired) electrons. The van der Waals surface area contributed by atoms with Gasteiger partial charge in [-0.2, -0.15) is 0 Å². The molecule has 6 atom stereocenters. The smallest absolute Gasteiger partial charge is 0.334 e. The summed E-state index contributed by atoms with van der Waals surface area (Å²) in [5, 5.41) is 11.2. The van der Waals surface area contributed by atoms with Crippen molar-refractivity contribution in [3.63, 3.8) is 0 Å². The van der Waals surface area contributed by atoms with Crippen molar-refractivity contribution in [2.75, 3.05) is 0 Å². The Balaban J connectivity index is 2.71. The topological polar surface area (TPSA) is 116 Å². The van der Waals surface area contributed by atoms with Crippen LogP contribution in [0.5, 0.6) is 0 Å². The molecule has 0 spiro atoms. The number of carbonyl (C=O) groups excluding carboxylic acids is 4. The Morgan fingerprint density at radius 1 is 1.25 bits per heavy atom. The Labute approximate surface area is 187 Å². The van der Waals surface area contributed by atoms with E-state index < -0.39 is 53.5 Å². The molecule has 0 amide bonds. The van der Waals surface area contributed by atoms with Gasteiger partial charge in [0.2, 0.25) is 0 Å². The SMILES string of the molecule is C=C(C)C(=O)OC1C2C(=C)C(=O)OC2CC(C)C=CC(=O)C(C)(O)C1OC(=O)C(C)=CC. The summed E-state index contributed by atoms with van der Waals surface area (Å²) in [5.41, 5.74) is -2.02. The van der Waals surface area contributed by atoms with Crippen molar-refractivity contribution < 1.29 is 38.5 Å². The highest BCUT2D eigenvalue weighted by Gasteiger charge is 2.56. The van der Waals surface area contributed by atoms with Gasteiger partial charge >= 0.3 is 17.9 Å². The Morgan fingerprint density at radius 3 is 2.44 bits per heavy atom. The molecule has 0 aromatic rings. The molecule has 1 fully saturated rings. The Kier molecular flexibility index (Phi) is 7.62. The summed E-state index contributed by atoms with van der Waals surface area (Å²) in [5.74, 6) is -4.25. The van der Waals surface area contributed by atoms with Gasteiger partial charge in [0.25, 0.3) is 0 Å². The van der Waals surface area contributed by atoms with Gasteiger partial charge in [0.1, 0.15) is 6.10 Å². The number of fused-ring (bicyclic) bond motifs is 1. The third-order valence-electron chi connectivity index (χ3n) is 5.79. The van der Waals surface area contributed by atoms with Crippen LogP contribution in [-0.2, 0) is 33.4 Å². The summed E-state index contributed by atoms with van der Waals surface area (Å²) in [7, 11) is 0. The number of ketones is 1. The quantitative estimate of drug-likeness (QED) is 0.397. The summed E-state index contributed by atoms with van der Waals surface area (Å²) in [6.07, 6.45) is 0.713. The van der Waals surface area contributed by atoms with Gasteiger partial charge in [0.15, 0.2) is 23.6 Å². The highest BCUT2D eigenvalue weighted by molar-refractivity contribution is 5.98. The van der Waals surface area contributed by atoms with Gasteiger partial charge < -0.3 is 19.3 Å². The first-order chi connectivity index (χ1) is 14.8. The number of carbonyl (C=O) groups is 4. The maximum atomic E-state index is 12.9. The van der Waals surface area contributed by atoms with Gasteiger partial charge in [-0.1, -0.05) is 32.2 Å². The van der Waals surface area contributed by atoms with Crippen molar-refractivity contribution in [2.24, 2.45) is 11.8 Å². The van der Waals surface area contributed by atoms with E-state index >= 15 is 0 Å². The lowest BCUT2D eigenvalue weighted by atomic mass is 9.77. The van der Waals surface area contributed by atoms with Crippen LogP contribution in [0.3, 0.4) is 0 Å². The molecular formula is C24H30O8. The molecule has 1 aliphatic carbocycles. The van der Waals surface area contributed by atoms with Crippen molar-refractivity contribution in [1.29, 1.82) is 0 Å². The largest absolute Gasteiger partial charge is 0.458 e. The van der Waals surface area contributed by atoms with Crippen LogP contribution < -0.4 is 0 Å². The molecule has 1 N–H and O–H groups in total. The van der Waals surface area contributed by atoms with E-state index in [1.807, 2.05) is 6.92 Å². The number of ether oxygens (including phenoxy) is 3. The normalized spacial score (nSPS) is 33.2. The fourth-order valence-electron chi connectivity index (χ4n) is 3.63. The lowest BCUT2D eigenvalue weighted by Gasteiger charge is -2.39. The van der Waals surface area contributed by atoms with Crippen LogP contribution in [-0.4, -0.2) is 52.7 Å². The number of allylic oxidation sites excluding steroid dienone is 2. The first-order valence-corrected chi connectivity index (χ1v) is 10.4. The molecule has 0 aromatic carbocycles. The molecule has 2 rings (SSSR count). The summed E-state index contributed by atoms with van der Waals surface area (Å²) < 4.78 is 16.6. The number of hydrogen-bond acceptors (Lipinski definition) is 8. The van der Waals surface area contributed by atoms with E-state index in [2.05, 4.69) is 13.2 Å². The molecule has 0 bridgehead atoms. The summed E-state index contributed by atoms with van der Waals surface area (Å²) in [6, 6.07) is 0. The first kappa shape index (κ1) is 25.3. The van der Waals surface area contributed by atoms with Crippen LogP contribution in [0.25, 0.3) is 0 Å². The fraction of sp³-hybridized carbons (Fsp3) is 0.500. The number of hydrogen-bond donors (Lipinski definition) is 1. The summed E-state index contributed by atoms with van der Waals surface area (Å²) in [6.45, 7) is 14.9. The third-order valence-corrected chi connectivity index (χ3v) is 5.79. The molecule has 174 valence electrons. The van der Waals surface area contributed by atoms with E-state index in [1.165, 1.54) is 32.9 Å². The van der Waals surface area contributed by atoms with E-state index in [9.17, 15) is 24.3 Å². The minimum Gasteiger partial charge on any atom is -0.458 e. The van der Waals surface area contributed by atoms with Gasteiger partial charge in [-0.25, -0.2) is 14.4 Å². The average molecular weight is 446 g/mol. The van der Waals surface area contributed by atoms with Gasteiger partial charge in [0, 0.05) is 16.7 Å². The van der Waals surface area contributed by atoms with Crippen molar-refractivity contribution in [2.45, 2.75) is 65.0 Å². The standard InChI is InChI=1S/C24H30O8/c1-8-14(5)22(27)32-20-19(31-21(26)12(2)3)18-15(6)23(28)30-16(18)11-13(4)9-10-17(25)24(20,7)29/h8-10,13,16,18-20,29H,2,6,11H2,1,3-5,7H3. The second-order valence-electron chi connectivity index (χ2n) is 8.53. The van der Waals surface area contributed by atoms with Crippen LogP contribution in [0.15, 0.2) is 48.1 Å². The van der Waals surface area contributed by atoms with Crippen LogP contribution in [0.2, 0.25) is 0 Å². The highest BCUT2D eigenvalue weighted by atomic mass is 16.6. The Hall–Kier alpha value is -3.00. The zero-order chi connectivity index (χ0) is 24.4. The second kappa shape index (κ2) is 9.65. The van der Waals surface area contributed by atoms with Crippen LogP contribution >= 0.6 is 0 Å². The van der Waals surface area contributed by atoms with E-state index in [4.69, 9.17) is 14.2 Å². The second-order valence-corrected chi connectivity index (χ2v) is 8.53. The summed E-state index contributed by atoms with van der Waals surface area (Å²) in [4.78, 5) is 50.4. The summed E-state index contributed by atoms with van der Waals surface area (Å²) >= 11 is 0. The van der Waals surface area contributed by atoms with Crippen molar-refractivity contribution in [3.8, 4) is 0 Å². The maximum absolute atomic E-state index is 12.9. The minimum absolute atomic E-state index is 0.00155. The van der Waals surface area contributed by atoms with Crippen molar-refractivity contribution >= 4 is 23.7 Å². The maximum Gasteiger partial charge on any atom is 0.334 e. The molecule has 8 nitrogen and oxygen atoms in total. The van der Waals surface area contributed by atoms with Gasteiger partial charge in [-0.05, 0) is 46.1 Å². The lowest BCUT2D eigenvalue weighted by Crippen LogP contribution is -2.58. The third kappa shape index (κ3) is 5.07. The van der Waals surface area contributed by atoms with Crippen LogP contribution in [0.4, 0.5) is 0 Å². The molecule has 8 heteroatoms. The average Bonchev–Trinajstić information content (AvgIpc) is 2.99. The van der Waals surface area contributed by atoms with E-state index in [1.54, 1.807) is 13.0 Å². The molecule has 0 aromatic heterocycles. The van der Waals surface area contributed by atoms with Gasteiger partial charge in [0.05, 0.1) is 5.92 Å².